The SMILES string of the molecule is COc1ccc(CN(C)C(=O)CN2CCN(CCO)CC2)cc1F. The van der Waals surface area contributed by atoms with Gasteiger partial charge >= 0.3 is 0 Å². The van der Waals surface area contributed by atoms with E-state index in [9.17, 15) is 9.18 Å². The molecule has 0 saturated carbocycles. The Bertz CT molecular complexity index is 548. The lowest BCUT2D eigenvalue weighted by molar-refractivity contribution is -0.132. The molecule has 24 heavy (non-hydrogen) atoms. The Morgan fingerprint density at radius 2 is 1.96 bits per heavy atom. The van der Waals surface area contributed by atoms with E-state index in [0.29, 0.717) is 19.6 Å². The molecule has 0 aliphatic carbocycles. The Morgan fingerprint density at radius 3 is 2.54 bits per heavy atom. The lowest BCUT2D eigenvalue weighted by Crippen LogP contribution is -2.50. The Balaban J connectivity index is 1.81. The van der Waals surface area contributed by atoms with E-state index in [1.165, 1.54) is 13.2 Å². The summed E-state index contributed by atoms with van der Waals surface area (Å²) in [5.41, 5.74) is 0.733. The molecule has 1 aliphatic rings. The highest BCUT2D eigenvalue weighted by Gasteiger charge is 2.20. The number of aliphatic hydroxyl groups is 1. The molecule has 1 saturated heterocycles. The largest absolute Gasteiger partial charge is 0.494 e. The van der Waals surface area contributed by atoms with Crippen molar-refractivity contribution in [3.8, 4) is 5.75 Å². The number of methoxy groups -OCH3 is 1. The lowest BCUT2D eigenvalue weighted by Gasteiger charge is -2.34. The van der Waals surface area contributed by atoms with Gasteiger partial charge in [0, 0.05) is 46.3 Å². The fourth-order valence-electron chi connectivity index (χ4n) is 2.79. The Hall–Kier alpha value is -1.70. The predicted octanol–water partition coefficient (Wildman–Crippen LogP) is 0.403. The molecule has 1 aromatic carbocycles. The summed E-state index contributed by atoms with van der Waals surface area (Å²) in [4.78, 5) is 18.3. The molecular formula is C17H26FN3O3. The first-order valence-electron chi connectivity index (χ1n) is 8.15. The van der Waals surface area contributed by atoms with Crippen LogP contribution in [-0.4, -0.2) is 85.7 Å². The van der Waals surface area contributed by atoms with Crippen molar-refractivity contribution in [2.45, 2.75) is 6.54 Å². The highest BCUT2D eigenvalue weighted by Crippen LogP contribution is 2.18. The fraction of sp³-hybridized carbons (Fsp3) is 0.588. The number of nitrogens with zero attached hydrogens (tertiary/aromatic N) is 3. The first-order valence-corrected chi connectivity index (χ1v) is 8.15. The number of rotatable bonds is 7. The van der Waals surface area contributed by atoms with Crippen LogP contribution in [0.3, 0.4) is 0 Å². The zero-order chi connectivity index (χ0) is 17.5. The van der Waals surface area contributed by atoms with Crippen molar-refractivity contribution < 1.29 is 19.0 Å². The third-order valence-corrected chi connectivity index (χ3v) is 4.30. The van der Waals surface area contributed by atoms with Gasteiger partial charge in [-0.15, -0.1) is 0 Å². The van der Waals surface area contributed by atoms with E-state index >= 15 is 0 Å². The van der Waals surface area contributed by atoms with Crippen LogP contribution >= 0.6 is 0 Å². The molecule has 134 valence electrons. The van der Waals surface area contributed by atoms with Crippen LogP contribution in [0.2, 0.25) is 0 Å². The van der Waals surface area contributed by atoms with Gasteiger partial charge in [0.15, 0.2) is 11.6 Å². The number of carbonyl (C=O) groups excluding carboxylic acids is 1. The molecule has 1 N–H and O–H groups in total. The minimum Gasteiger partial charge on any atom is -0.494 e. The van der Waals surface area contributed by atoms with Gasteiger partial charge in [0.25, 0.3) is 0 Å². The van der Waals surface area contributed by atoms with Crippen LogP contribution < -0.4 is 4.74 Å². The maximum atomic E-state index is 13.7. The number of carbonyl (C=O) groups is 1. The molecule has 2 rings (SSSR count). The second-order valence-corrected chi connectivity index (χ2v) is 6.06. The Kier molecular flexibility index (Phi) is 6.96. The number of amides is 1. The third-order valence-electron chi connectivity index (χ3n) is 4.30. The maximum absolute atomic E-state index is 13.7. The summed E-state index contributed by atoms with van der Waals surface area (Å²) >= 11 is 0. The number of hydrogen-bond donors (Lipinski definition) is 1. The minimum atomic E-state index is -0.421. The Labute approximate surface area is 142 Å². The summed E-state index contributed by atoms with van der Waals surface area (Å²) < 4.78 is 18.6. The van der Waals surface area contributed by atoms with Crippen molar-refractivity contribution in [1.82, 2.24) is 14.7 Å². The summed E-state index contributed by atoms with van der Waals surface area (Å²) in [6.45, 7) is 4.94. The number of likely N-dealkylation sites (N-methyl/N-ethyl adjacent to an activating group) is 1. The molecule has 0 spiro atoms. The molecule has 1 fully saturated rings. The molecule has 1 aliphatic heterocycles. The van der Waals surface area contributed by atoms with Crippen molar-refractivity contribution in [2.75, 3.05) is 60.0 Å². The number of aliphatic hydroxyl groups excluding tert-OH is 1. The summed E-state index contributed by atoms with van der Waals surface area (Å²) in [5.74, 6) is -0.203. The second kappa shape index (κ2) is 8.96. The van der Waals surface area contributed by atoms with Crippen LogP contribution in [0.4, 0.5) is 4.39 Å². The van der Waals surface area contributed by atoms with E-state index < -0.39 is 5.82 Å². The molecular weight excluding hydrogens is 313 g/mol. The summed E-state index contributed by atoms with van der Waals surface area (Å²) in [7, 11) is 3.15. The van der Waals surface area contributed by atoms with E-state index in [0.717, 1.165) is 31.7 Å². The number of benzene rings is 1. The van der Waals surface area contributed by atoms with Gasteiger partial charge in [-0.2, -0.15) is 0 Å². The van der Waals surface area contributed by atoms with Crippen molar-refractivity contribution in [1.29, 1.82) is 0 Å². The molecule has 0 aromatic heterocycles. The molecule has 7 heteroatoms. The van der Waals surface area contributed by atoms with Crippen LogP contribution in [0.1, 0.15) is 5.56 Å². The first-order chi connectivity index (χ1) is 11.5. The average Bonchev–Trinajstić information content (AvgIpc) is 2.57. The van der Waals surface area contributed by atoms with Gasteiger partial charge < -0.3 is 14.7 Å². The van der Waals surface area contributed by atoms with E-state index in [1.54, 1.807) is 24.1 Å². The molecule has 0 unspecified atom stereocenters. The van der Waals surface area contributed by atoms with Crippen LogP contribution in [0, 0.1) is 5.82 Å². The van der Waals surface area contributed by atoms with Crippen LogP contribution in [-0.2, 0) is 11.3 Å². The van der Waals surface area contributed by atoms with Gasteiger partial charge in [-0.3, -0.25) is 14.6 Å². The smallest absolute Gasteiger partial charge is 0.236 e. The highest BCUT2D eigenvalue weighted by atomic mass is 19.1. The van der Waals surface area contributed by atoms with Crippen LogP contribution in [0.5, 0.6) is 5.75 Å². The maximum Gasteiger partial charge on any atom is 0.236 e. The molecule has 6 nitrogen and oxygen atoms in total. The van der Waals surface area contributed by atoms with Crippen molar-refractivity contribution in [2.24, 2.45) is 0 Å². The normalized spacial score (nSPS) is 16.2. The van der Waals surface area contributed by atoms with E-state index in [1.807, 2.05) is 0 Å². The first kappa shape index (κ1) is 18.6. The third kappa shape index (κ3) is 5.15. The van der Waals surface area contributed by atoms with Gasteiger partial charge in [0.1, 0.15) is 0 Å². The standard InChI is InChI=1S/C17H26FN3O3/c1-19(12-14-3-4-16(24-2)15(18)11-14)17(23)13-21-7-5-20(6-8-21)9-10-22/h3-4,11,22H,5-10,12-13H2,1-2H3. The molecule has 0 atom stereocenters. The summed E-state index contributed by atoms with van der Waals surface area (Å²) in [5, 5.41) is 8.94. The van der Waals surface area contributed by atoms with E-state index in [-0.39, 0.29) is 18.3 Å². The van der Waals surface area contributed by atoms with Gasteiger partial charge in [-0.05, 0) is 17.7 Å². The predicted molar refractivity (Wildman–Crippen MR) is 89.4 cm³/mol. The summed E-state index contributed by atoms with van der Waals surface area (Å²) in [6, 6.07) is 4.74. The number of piperazine rings is 1. The van der Waals surface area contributed by atoms with Crippen molar-refractivity contribution in [3.05, 3.63) is 29.6 Å². The number of halogens is 1. The van der Waals surface area contributed by atoms with Crippen molar-refractivity contribution >= 4 is 5.91 Å². The van der Waals surface area contributed by atoms with Gasteiger partial charge in [-0.1, -0.05) is 6.07 Å². The zero-order valence-corrected chi connectivity index (χ0v) is 14.4. The second-order valence-electron chi connectivity index (χ2n) is 6.06. The number of hydrogen-bond acceptors (Lipinski definition) is 5. The lowest BCUT2D eigenvalue weighted by atomic mass is 10.2. The topological polar surface area (TPSA) is 56.2 Å². The number of ether oxygens (including phenoxy) is 1. The summed E-state index contributed by atoms with van der Waals surface area (Å²) in [6.07, 6.45) is 0. The average molecular weight is 339 g/mol. The number of β-amino-alcohol motifs (C(OH)–C–C–N with tert-alkyl or cyclic N) is 1. The molecule has 1 aromatic rings. The molecule has 0 radical (unpaired) electrons. The molecule has 1 heterocycles. The minimum absolute atomic E-state index is 0.0156. The van der Waals surface area contributed by atoms with Crippen LogP contribution in [0.15, 0.2) is 18.2 Å². The Morgan fingerprint density at radius 1 is 1.29 bits per heavy atom. The van der Waals surface area contributed by atoms with Crippen LogP contribution in [0.25, 0.3) is 0 Å². The fourth-order valence-corrected chi connectivity index (χ4v) is 2.79. The molecule has 0 bridgehead atoms. The van der Waals surface area contributed by atoms with Crippen molar-refractivity contribution in [3.63, 3.8) is 0 Å². The van der Waals surface area contributed by atoms with Gasteiger partial charge in [-0.25, -0.2) is 4.39 Å². The monoisotopic (exact) mass is 339 g/mol. The van der Waals surface area contributed by atoms with E-state index in [2.05, 4.69) is 9.80 Å². The van der Waals surface area contributed by atoms with Gasteiger partial charge in [0.2, 0.25) is 5.91 Å². The molecule has 1 amide bonds. The zero-order valence-electron chi connectivity index (χ0n) is 14.4. The van der Waals surface area contributed by atoms with E-state index in [4.69, 9.17) is 9.84 Å². The van der Waals surface area contributed by atoms with Gasteiger partial charge in [0.05, 0.1) is 20.3 Å². The highest BCUT2D eigenvalue weighted by molar-refractivity contribution is 5.78. The quantitative estimate of drug-likeness (QED) is 0.779.